The molecule has 4 aromatic rings. The number of nitrogens with one attached hydrogen (secondary N) is 1. The molecule has 8 nitrogen and oxygen atoms in total. The summed E-state index contributed by atoms with van der Waals surface area (Å²) in [5, 5.41) is 4.53. The number of anilines is 2. The van der Waals surface area contributed by atoms with Gasteiger partial charge in [-0.05, 0) is 62.4 Å². The van der Waals surface area contributed by atoms with E-state index in [0.29, 0.717) is 42.8 Å². The largest absolute Gasteiger partial charge is 0.491 e. The van der Waals surface area contributed by atoms with Crippen LogP contribution in [0.1, 0.15) is 24.2 Å². The van der Waals surface area contributed by atoms with Crippen molar-refractivity contribution in [2.45, 2.75) is 20.0 Å². The van der Waals surface area contributed by atoms with E-state index in [1.807, 2.05) is 61.0 Å². The smallest absolute Gasteiger partial charge is 0.255 e. The van der Waals surface area contributed by atoms with Gasteiger partial charge in [0.15, 0.2) is 0 Å². The van der Waals surface area contributed by atoms with E-state index in [1.165, 1.54) is 0 Å². The number of carbonyl (C=O) groups excluding carboxylic acids is 1. The molecule has 3 heterocycles. The van der Waals surface area contributed by atoms with Crippen molar-refractivity contribution in [3.05, 3.63) is 71.5 Å². The first-order valence-electron chi connectivity index (χ1n) is 11.5. The van der Waals surface area contributed by atoms with E-state index in [0.717, 1.165) is 28.2 Å². The number of hydrogen-bond donors (Lipinski definition) is 1. The molecule has 1 aliphatic rings. The summed E-state index contributed by atoms with van der Waals surface area (Å²) in [5.41, 5.74) is 2.87. The fourth-order valence-corrected chi connectivity index (χ4v) is 4.22. The third-order valence-electron chi connectivity index (χ3n) is 5.67. The van der Waals surface area contributed by atoms with Crippen LogP contribution in [0.3, 0.4) is 0 Å². The number of carbonyl (C=O) groups is 1. The number of aromatic nitrogens is 3. The van der Waals surface area contributed by atoms with Crippen LogP contribution in [-0.2, 0) is 4.74 Å². The number of rotatable bonds is 6. The van der Waals surface area contributed by atoms with E-state index < -0.39 is 0 Å². The quantitative estimate of drug-likeness (QED) is 0.405. The fraction of sp³-hybridized carbons (Fsp3) is 0.269. The molecule has 2 aromatic carbocycles. The third kappa shape index (κ3) is 5.08. The normalized spacial score (nSPS) is 13.9. The molecule has 1 aliphatic heterocycles. The van der Waals surface area contributed by atoms with Crippen LogP contribution in [0.5, 0.6) is 5.75 Å². The maximum atomic E-state index is 12.9. The minimum atomic E-state index is -0.0826. The van der Waals surface area contributed by atoms with Crippen LogP contribution >= 0.6 is 11.6 Å². The highest BCUT2D eigenvalue weighted by atomic mass is 35.5. The number of hydrogen-bond acceptors (Lipinski definition) is 6. The minimum Gasteiger partial charge on any atom is -0.491 e. The van der Waals surface area contributed by atoms with E-state index in [9.17, 15) is 4.79 Å². The molecule has 0 aliphatic carbocycles. The van der Waals surface area contributed by atoms with E-state index >= 15 is 0 Å². The van der Waals surface area contributed by atoms with Crippen molar-refractivity contribution < 1.29 is 14.3 Å². The van der Waals surface area contributed by atoms with Crippen LogP contribution in [0, 0.1) is 0 Å². The van der Waals surface area contributed by atoms with Crippen molar-refractivity contribution in [3.63, 3.8) is 0 Å². The van der Waals surface area contributed by atoms with Crippen molar-refractivity contribution in [1.29, 1.82) is 0 Å². The lowest BCUT2D eigenvalue weighted by Gasteiger charge is -2.27. The van der Waals surface area contributed by atoms with Crippen molar-refractivity contribution in [2.24, 2.45) is 0 Å². The van der Waals surface area contributed by atoms with Gasteiger partial charge in [0, 0.05) is 42.2 Å². The van der Waals surface area contributed by atoms with Gasteiger partial charge in [0.05, 0.1) is 29.9 Å². The lowest BCUT2D eigenvalue weighted by atomic mass is 10.1. The molecule has 2 aromatic heterocycles. The van der Waals surface area contributed by atoms with Crippen molar-refractivity contribution >= 4 is 40.2 Å². The van der Waals surface area contributed by atoms with Crippen LogP contribution in [0.2, 0.25) is 5.02 Å². The molecule has 5 rings (SSSR count). The summed E-state index contributed by atoms with van der Waals surface area (Å²) in [6.07, 6.45) is 3.80. The van der Waals surface area contributed by atoms with Gasteiger partial charge in [0.25, 0.3) is 5.91 Å². The average molecular weight is 492 g/mol. The maximum Gasteiger partial charge on any atom is 0.255 e. The van der Waals surface area contributed by atoms with E-state index in [1.54, 1.807) is 23.2 Å². The molecule has 0 radical (unpaired) electrons. The molecule has 0 atom stereocenters. The molecule has 180 valence electrons. The predicted molar refractivity (Wildman–Crippen MR) is 136 cm³/mol. The Balaban J connectivity index is 1.38. The van der Waals surface area contributed by atoms with Gasteiger partial charge in [-0.2, -0.15) is 4.98 Å². The monoisotopic (exact) mass is 491 g/mol. The fourth-order valence-electron chi connectivity index (χ4n) is 3.97. The summed E-state index contributed by atoms with van der Waals surface area (Å²) in [7, 11) is 0. The summed E-state index contributed by atoms with van der Waals surface area (Å²) < 4.78 is 13.0. The number of nitrogens with zero attached hydrogens (tertiary/aromatic N) is 4. The highest BCUT2D eigenvalue weighted by Gasteiger charge is 2.21. The zero-order chi connectivity index (χ0) is 24.4. The Morgan fingerprint density at radius 2 is 1.89 bits per heavy atom. The van der Waals surface area contributed by atoms with Crippen molar-refractivity contribution in [1.82, 2.24) is 19.4 Å². The molecule has 0 spiro atoms. The topological polar surface area (TPSA) is 81.5 Å². The summed E-state index contributed by atoms with van der Waals surface area (Å²) in [4.78, 5) is 23.8. The second kappa shape index (κ2) is 9.93. The number of halogens is 1. The molecule has 1 saturated heterocycles. The van der Waals surface area contributed by atoms with Crippen molar-refractivity contribution in [2.75, 3.05) is 31.6 Å². The Hall–Kier alpha value is -3.62. The maximum absolute atomic E-state index is 12.9. The second-order valence-corrected chi connectivity index (χ2v) is 8.95. The number of ether oxygens (including phenoxy) is 2. The summed E-state index contributed by atoms with van der Waals surface area (Å²) >= 11 is 6.55. The predicted octanol–water partition coefficient (Wildman–Crippen LogP) is 5.08. The van der Waals surface area contributed by atoms with Crippen LogP contribution in [0.4, 0.5) is 11.6 Å². The van der Waals surface area contributed by atoms with Crippen LogP contribution in [0.15, 0.2) is 60.9 Å². The second-order valence-electron chi connectivity index (χ2n) is 8.54. The molecule has 1 N–H and O–H groups in total. The lowest BCUT2D eigenvalue weighted by molar-refractivity contribution is 0.0303. The highest BCUT2D eigenvalue weighted by molar-refractivity contribution is 6.34. The molecule has 35 heavy (non-hydrogen) atoms. The molecular weight excluding hydrogens is 466 g/mol. The SMILES string of the molecule is CC(C)Oc1ccc(Nc2ncc3ccn(-c4ccc(C(=O)N5CCOCC5)c(Cl)c4)c3n2)cc1. The summed E-state index contributed by atoms with van der Waals surface area (Å²) in [5.74, 6) is 1.20. The molecule has 0 saturated carbocycles. The highest BCUT2D eigenvalue weighted by Crippen LogP contribution is 2.26. The first-order valence-corrected chi connectivity index (χ1v) is 11.9. The molecule has 0 unspecified atom stereocenters. The van der Waals surface area contributed by atoms with Gasteiger partial charge in [0.2, 0.25) is 5.95 Å². The Morgan fingerprint density at radius 1 is 1.11 bits per heavy atom. The van der Waals surface area contributed by atoms with Crippen LogP contribution < -0.4 is 10.1 Å². The minimum absolute atomic E-state index is 0.0826. The lowest BCUT2D eigenvalue weighted by Crippen LogP contribution is -2.40. The van der Waals surface area contributed by atoms with Gasteiger partial charge in [0.1, 0.15) is 11.4 Å². The Kier molecular flexibility index (Phi) is 6.57. The first-order chi connectivity index (χ1) is 17.0. The van der Waals surface area contributed by atoms with Gasteiger partial charge in [-0.25, -0.2) is 4.98 Å². The summed E-state index contributed by atoms with van der Waals surface area (Å²) in [6.45, 7) is 6.21. The average Bonchev–Trinajstić information content (AvgIpc) is 3.28. The van der Waals surface area contributed by atoms with Gasteiger partial charge >= 0.3 is 0 Å². The molecule has 0 bridgehead atoms. The van der Waals surface area contributed by atoms with E-state index in [-0.39, 0.29) is 12.0 Å². The molecular formula is C26H26ClN5O3. The molecule has 9 heteroatoms. The number of amides is 1. The van der Waals surface area contributed by atoms with Gasteiger partial charge in [-0.1, -0.05) is 11.6 Å². The Morgan fingerprint density at radius 3 is 2.60 bits per heavy atom. The van der Waals surface area contributed by atoms with Gasteiger partial charge in [-0.15, -0.1) is 0 Å². The van der Waals surface area contributed by atoms with E-state index in [4.69, 9.17) is 26.1 Å². The number of benzene rings is 2. The Labute approximate surface area is 208 Å². The number of fused-ring (bicyclic) bond motifs is 1. The zero-order valence-electron chi connectivity index (χ0n) is 19.6. The van der Waals surface area contributed by atoms with Gasteiger partial charge < -0.3 is 24.3 Å². The van der Waals surface area contributed by atoms with Crippen LogP contribution in [0.25, 0.3) is 16.7 Å². The van der Waals surface area contributed by atoms with E-state index in [2.05, 4.69) is 10.3 Å². The molecule has 1 fully saturated rings. The van der Waals surface area contributed by atoms with Crippen molar-refractivity contribution in [3.8, 4) is 11.4 Å². The van der Waals surface area contributed by atoms with Gasteiger partial charge in [-0.3, -0.25) is 4.79 Å². The summed E-state index contributed by atoms with van der Waals surface area (Å²) in [6, 6.07) is 15.0. The Bertz CT molecular complexity index is 1350. The third-order valence-corrected chi connectivity index (χ3v) is 5.98. The molecule has 1 amide bonds. The standard InChI is InChI=1S/C26H26ClN5O3/c1-17(2)35-21-6-3-19(4-7-21)29-26-28-16-18-9-10-32(24(18)30-26)20-5-8-22(23(27)15-20)25(33)31-11-13-34-14-12-31/h3-10,15-17H,11-14H2,1-2H3,(H,28,29,30). The first kappa shape index (κ1) is 23.1. The van der Waals surface area contributed by atoms with Crippen LogP contribution in [-0.4, -0.2) is 57.7 Å². The number of morpholine rings is 1. The zero-order valence-corrected chi connectivity index (χ0v) is 20.3.